The van der Waals surface area contributed by atoms with E-state index in [2.05, 4.69) is 0 Å². The highest BCUT2D eigenvalue weighted by atomic mass is 16.5. The van der Waals surface area contributed by atoms with Crippen molar-refractivity contribution in [2.45, 2.75) is 13.8 Å². The van der Waals surface area contributed by atoms with Crippen LogP contribution in [0.1, 0.15) is 19.4 Å². The van der Waals surface area contributed by atoms with Gasteiger partial charge in [0.25, 0.3) is 5.91 Å². The van der Waals surface area contributed by atoms with Gasteiger partial charge in [-0.1, -0.05) is 0 Å². The second kappa shape index (κ2) is 9.97. The molecule has 0 N–H and O–H groups in total. The Morgan fingerprint density at radius 3 is 2.17 bits per heavy atom. The third-order valence-corrected chi connectivity index (χ3v) is 4.51. The molecule has 0 saturated heterocycles. The summed E-state index contributed by atoms with van der Waals surface area (Å²) in [7, 11) is 6.08. The van der Waals surface area contributed by atoms with Crippen LogP contribution in [0.25, 0.3) is 6.08 Å². The smallest absolute Gasteiger partial charge is 0.340 e. The first-order chi connectivity index (χ1) is 13.9. The van der Waals surface area contributed by atoms with E-state index in [4.69, 9.17) is 23.7 Å². The Morgan fingerprint density at radius 2 is 1.69 bits per heavy atom. The van der Waals surface area contributed by atoms with Crippen molar-refractivity contribution in [1.29, 1.82) is 0 Å². The lowest BCUT2D eigenvalue weighted by molar-refractivity contribution is -0.138. The van der Waals surface area contributed by atoms with Crippen molar-refractivity contribution in [2.24, 2.45) is 0 Å². The standard InChI is InChI=1S/C21H27NO7/c1-7-29-21(24)18-13(2)22(8-9-25-3)20(23)15(18)10-14-11-16(26-4)19(28-6)17(12-14)27-5/h10-12H,7-9H2,1-6H3/b15-10-. The van der Waals surface area contributed by atoms with E-state index >= 15 is 0 Å². The van der Waals surface area contributed by atoms with E-state index in [1.165, 1.54) is 26.2 Å². The van der Waals surface area contributed by atoms with Crippen LogP contribution in [0.2, 0.25) is 0 Å². The van der Waals surface area contributed by atoms with Crippen LogP contribution in [-0.4, -0.2) is 65.0 Å². The Balaban J connectivity index is 2.59. The topological polar surface area (TPSA) is 83.5 Å². The molecule has 0 radical (unpaired) electrons. The molecule has 0 fully saturated rings. The lowest BCUT2D eigenvalue weighted by Crippen LogP contribution is -2.28. The number of carbonyl (C=O) groups excluding carboxylic acids is 2. The van der Waals surface area contributed by atoms with Gasteiger partial charge in [-0.2, -0.15) is 0 Å². The normalized spacial score (nSPS) is 15.2. The number of carbonyl (C=O) groups is 2. The van der Waals surface area contributed by atoms with Gasteiger partial charge in [-0.3, -0.25) is 4.79 Å². The van der Waals surface area contributed by atoms with Crippen molar-refractivity contribution in [3.8, 4) is 17.2 Å². The zero-order valence-corrected chi connectivity index (χ0v) is 17.7. The van der Waals surface area contributed by atoms with Gasteiger partial charge in [0, 0.05) is 19.4 Å². The number of hydrogen-bond acceptors (Lipinski definition) is 7. The van der Waals surface area contributed by atoms with Crippen molar-refractivity contribution < 1.29 is 33.3 Å². The number of hydrogen-bond donors (Lipinski definition) is 0. The van der Waals surface area contributed by atoms with E-state index in [0.29, 0.717) is 41.7 Å². The van der Waals surface area contributed by atoms with Crippen LogP contribution < -0.4 is 14.2 Å². The summed E-state index contributed by atoms with van der Waals surface area (Å²) >= 11 is 0. The second-order valence-corrected chi connectivity index (χ2v) is 6.15. The fraction of sp³-hybridized carbons (Fsp3) is 0.429. The predicted molar refractivity (Wildman–Crippen MR) is 107 cm³/mol. The maximum atomic E-state index is 13.0. The molecule has 0 unspecified atom stereocenters. The molecule has 8 nitrogen and oxygen atoms in total. The van der Waals surface area contributed by atoms with E-state index in [1.54, 1.807) is 39.2 Å². The van der Waals surface area contributed by atoms with Crippen LogP contribution in [0, 0.1) is 0 Å². The molecule has 1 amide bonds. The number of esters is 1. The fourth-order valence-corrected chi connectivity index (χ4v) is 3.13. The molecule has 1 heterocycles. The average Bonchev–Trinajstić information content (AvgIpc) is 2.95. The van der Waals surface area contributed by atoms with Crippen molar-refractivity contribution in [2.75, 3.05) is 48.2 Å². The molecule has 29 heavy (non-hydrogen) atoms. The molecule has 0 aliphatic carbocycles. The number of nitrogens with zero attached hydrogens (tertiary/aromatic N) is 1. The van der Waals surface area contributed by atoms with E-state index in [1.807, 2.05) is 0 Å². The molecule has 0 spiro atoms. The maximum absolute atomic E-state index is 13.0. The molecule has 0 atom stereocenters. The molecule has 1 aliphatic rings. The molecule has 0 saturated carbocycles. The highest BCUT2D eigenvalue weighted by Crippen LogP contribution is 2.40. The molecule has 0 aromatic heterocycles. The first-order valence-electron chi connectivity index (χ1n) is 9.14. The maximum Gasteiger partial charge on any atom is 0.340 e. The molecule has 1 aliphatic heterocycles. The van der Waals surface area contributed by atoms with E-state index in [0.717, 1.165) is 0 Å². The molecule has 0 bridgehead atoms. The van der Waals surface area contributed by atoms with Gasteiger partial charge >= 0.3 is 5.97 Å². The minimum Gasteiger partial charge on any atom is -0.493 e. The summed E-state index contributed by atoms with van der Waals surface area (Å²) < 4.78 is 26.3. The zero-order chi connectivity index (χ0) is 21.6. The summed E-state index contributed by atoms with van der Waals surface area (Å²) in [6, 6.07) is 3.41. The summed E-state index contributed by atoms with van der Waals surface area (Å²) in [6.07, 6.45) is 1.62. The second-order valence-electron chi connectivity index (χ2n) is 6.15. The SMILES string of the molecule is CCOC(=O)C1=C(C)N(CCOC)C(=O)/C1=C\c1cc(OC)c(OC)c(OC)c1. The molecule has 2 rings (SSSR count). The summed E-state index contributed by atoms with van der Waals surface area (Å²) in [5.41, 5.74) is 1.63. The Morgan fingerprint density at radius 1 is 1.07 bits per heavy atom. The minimum absolute atomic E-state index is 0.208. The van der Waals surface area contributed by atoms with Crippen molar-refractivity contribution in [3.05, 3.63) is 34.5 Å². The van der Waals surface area contributed by atoms with Gasteiger partial charge in [0.1, 0.15) is 0 Å². The lowest BCUT2D eigenvalue weighted by Gasteiger charge is -2.17. The van der Waals surface area contributed by atoms with Gasteiger partial charge in [-0.05, 0) is 37.6 Å². The molecule has 1 aromatic rings. The lowest BCUT2D eigenvalue weighted by atomic mass is 10.0. The average molecular weight is 405 g/mol. The van der Waals surface area contributed by atoms with Crippen LogP contribution in [0.15, 0.2) is 29.0 Å². The van der Waals surface area contributed by atoms with Gasteiger partial charge in [-0.25, -0.2) is 4.79 Å². The van der Waals surface area contributed by atoms with Crippen LogP contribution in [0.3, 0.4) is 0 Å². The van der Waals surface area contributed by atoms with E-state index in [-0.39, 0.29) is 23.7 Å². The van der Waals surface area contributed by atoms with Gasteiger partial charge in [-0.15, -0.1) is 0 Å². The number of methoxy groups -OCH3 is 4. The Bertz CT molecular complexity index is 816. The third kappa shape index (κ3) is 4.54. The highest BCUT2D eigenvalue weighted by Gasteiger charge is 2.37. The molecule has 8 heteroatoms. The van der Waals surface area contributed by atoms with Crippen LogP contribution in [0.5, 0.6) is 17.2 Å². The van der Waals surface area contributed by atoms with Crippen LogP contribution >= 0.6 is 0 Å². The third-order valence-electron chi connectivity index (χ3n) is 4.51. The number of amides is 1. The Labute approximate surface area is 170 Å². The fourth-order valence-electron chi connectivity index (χ4n) is 3.13. The molecule has 1 aromatic carbocycles. The van der Waals surface area contributed by atoms with E-state index in [9.17, 15) is 9.59 Å². The number of benzene rings is 1. The van der Waals surface area contributed by atoms with Crippen LogP contribution in [0.4, 0.5) is 0 Å². The van der Waals surface area contributed by atoms with Crippen molar-refractivity contribution in [1.82, 2.24) is 4.90 Å². The zero-order valence-electron chi connectivity index (χ0n) is 17.7. The van der Waals surface area contributed by atoms with Gasteiger partial charge in [0.2, 0.25) is 5.75 Å². The van der Waals surface area contributed by atoms with Crippen LogP contribution in [-0.2, 0) is 19.1 Å². The summed E-state index contributed by atoms with van der Waals surface area (Å²) in [5, 5.41) is 0. The highest BCUT2D eigenvalue weighted by molar-refractivity contribution is 6.16. The largest absolute Gasteiger partial charge is 0.493 e. The quantitative estimate of drug-likeness (QED) is 0.461. The molecule has 158 valence electrons. The van der Waals surface area contributed by atoms with E-state index < -0.39 is 5.97 Å². The van der Waals surface area contributed by atoms with Gasteiger partial charge in [0.05, 0.1) is 45.7 Å². The monoisotopic (exact) mass is 405 g/mol. The number of allylic oxidation sites excluding steroid dienone is 1. The molecular formula is C21H27NO7. The number of ether oxygens (including phenoxy) is 5. The Hall–Kier alpha value is -3.00. The first-order valence-corrected chi connectivity index (χ1v) is 9.14. The summed E-state index contributed by atoms with van der Waals surface area (Å²) in [6.45, 7) is 4.32. The summed E-state index contributed by atoms with van der Waals surface area (Å²) in [5.74, 6) is 0.486. The Kier molecular flexibility index (Phi) is 7.67. The van der Waals surface area contributed by atoms with Crippen molar-refractivity contribution >= 4 is 18.0 Å². The van der Waals surface area contributed by atoms with Gasteiger partial charge in [0.15, 0.2) is 11.5 Å². The molecular weight excluding hydrogens is 378 g/mol. The minimum atomic E-state index is -0.544. The predicted octanol–water partition coefficient (Wildman–Crippen LogP) is 2.42. The summed E-state index contributed by atoms with van der Waals surface area (Å²) in [4.78, 5) is 27.1. The first kappa shape index (κ1) is 22.3. The van der Waals surface area contributed by atoms with Crippen molar-refractivity contribution in [3.63, 3.8) is 0 Å². The van der Waals surface area contributed by atoms with Gasteiger partial charge < -0.3 is 28.6 Å². The number of rotatable bonds is 9.